The fourth-order valence-electron chi connectivity index (χ4n) is 2.08. The first-order valence-electron chi connectivity index (χ1n) is 6.01. The van der Waals surface area contributed by atoms with Gasteiger partial charge in [-0.05, 0) is 59.9 Å². The predicted octanol–water partition coefficient (Wildman–Crippen LogP) is 2.18. The van der Waals surface area contributed by atoms with Crippen LogP contribution in [0.4, 0.5) is 0 Å². The number of benzene rings is 1. The average Bonchev–Trinajstić information content (AvgIpc) is 2.38. The van der Waals surface area contributed by atoms with E-state index in [0.717, 1.165) is 24.1 Å². The monoisotopic (exact) mass is 296 g/mol. The second-order valence-corrected chi connectivity index (χ2v) is 5.26. The summed E-state index contributed by atoms with van der Waals surface area (Å²) >= 11 is 3.39. The van der Waals surface area contributed by atoms with Crippen molar-refractivity contribution in [2.45, 2.75) is 12.8 Å². The number of piperidine rings is 1. The molecule has 0 aromatic heterocycles. The maximum absolute atomic E-state index is 11.9. The Morgan fingerprint density at radius 3 is 3.00 bits per heavy atom. The minimum atomic E-state index is 0.00282. The third kappa shape index (κ3) is 3.54. The van der Waals surface area contributed by atoms with Gasteiger partial charge in [-0.25, -0.2) is 0 Å². The molecule has 0 radical (unpaired) electrons. The molecule has 1 fully saturated rings. The van der Waals surface area contributed by atoms with E-state index in [4.69, 9.17) is 0 Å². The number of nitrogens with one attached hydrogen (secondary N) is 2. The van der Waals surface area contributed by atoms with Crippen molar-refractivity contribution in [3.8, 4) is 0 Å². The second kappa shape index (κ2) is 6.17. The normalized spacial score (nSPS) is 19.9. The highest BCUT2D eigenvalue weighted by Crippen LogP contribution is 2.16. The molecule has 1 aliphatic rings. The van der Waals surface area contributed by atoms with Gasteiger partial charge in [0, 0.05) is 11.0 Å². The summed E-state index contributed by atoms with van der Waals surface area (Å²) in [7, 11) is 0. The molecule has 3 nitrogen and oxygen atoms in total. The van der Waals surface area contributed by atoms with Crippen LogP contribution in [0.15, 0.2) is 28.7 Å². The molecule has 17 heavy (non-hydrogen) atoms. The van der Waals surface area contributed by atoms with Gasteiger partial charge in [0.15, 0.2) is 0 Å². The van der Waals surface area contributed by atoms with E-state index in [1.54, 1.807) is 0 Å². The van der Waals surface area contributed by atoms with E-state index in [-0.39, 0.29) is 5.91 Å². The molecule has 1 amide bonds. The van der Waals surface area contributed by atoms with Crippen LogP contribution in [-0.2, 0) is 0 Å². The highest BCUT2D eigenvalue weighted by Gasteiger charge is 2.15. The van der Waals surface area contributed by atoms with Crippen LogP contribution in [0.1, 0.15) is 23.2 Å². The fourth-order valence-corrected chi connectivity index (χ4v) is 2.54. The Balaban J connectivity index is 1.87. The van der Waals surface area contributed by atoms with Gasteiger partial charge in [0.2, 0.25) is 0 Å². The quantitative estimate of drug-likeness (QED) is 0.898. The summed E-state index contributed by atoms with van der Waals surface area (Å²) in [6.07, 6.45) is 2.40. The van der Waals surface area contributed by atoms with E-state index in [9.17, 15) is 4.79 Å². The number of carbonyl (C=O) groups excluding carboxylic acids is 1. The Hall–Kier alpha value is -0.870. The molecule has 0 bridgehead atoms. The first-order chi connectivity index (χ1) is 8.27. The summed E-state index contributed by atoms with van der Waals surface area (Å²) < 4.78 is 0.847. The van der Waals surface area contributed by atoms with E-state index < -0.39 is 0 Å². The van der Waals surface area contributed by atoms with Gasteiger partial charge in [-0.3, -0.25) is 4.79 Å². The molecule has 1 atom stereocenters. The number of hydrogen-bond acceptors (Lipinski definition) is 2. The molecule has 0 spiro atoms. The van der Waals surface area contributed by atoms with Crippen LogP contribution in [-0.4, -0.2) is 25.5 Å². The summed E-state index contributed by atoms with van der Waals surface area (Å²) in [5, 5.41) is 6.35. The number of amides is 1. The molecule has 1 aromatic carbocycles. The van der Waals surface area contributed by atoms with Crippen LogP contribution in [0.3, 0.4) is 0 Å². The molecular weight excluding hydrogens is 280 g/mol. The van der Waals surface area contributed by atoms with Crippen molar-refractivity contribution in [1.82, 2.24) is 10.6 Å². The summed E-state index contributed by atoms with van der Waals surface area (Å²) in [5.74, 6) is 0.568. The number of rotatable bonds is 3. The van der Waals surface area contributed by atoms with Crippen LogP contribution in [0.5, 0.6) is 0 Å². The minimum absolute atomic E-state index is 0.00282. The molecule has 1 aliphatic heterocycles. The van der Waals surface area contributed by atoms with E-state index >= 15 is 0 Å². The standard InChI is InChI=1S/C13H17BrN2O/c14-12-6-2-1-5-11(12)13(17)16-9-10-4-3-7-15-8-10/h1-2,5-6,10,15H,3-4,7-9H2,(H,16,17). The smallest absolute Gasteiger partial charge is 0.252 e. The Morgan fingerprint density at radius 2 is 2.29 bits per heavy atom. The first-order valence-corrected chi connectivity index (χ1v) is 6.80. The van der Waals surface area contributed by atoms with Gasteiger partial charge in [0.05, 0.1) is 5.56 Å². The number of halogens is 1. The topological polar surface area (TPSA) is 41.1 Å². The van der Waals surface area contributed by atoms with Crippen molar-refractivity contribution in [1.29, 1.82) is 0 Å². The zero-order valence-electron chi connectivity index (χ0n) is 9.71. The number of hydrogen-bond donors (Lipinski definition) is 2. The van der Waals surface area contributed by atoms with Crippen molar-refractivity contribution < 1.29 is 4.79 Å². The zero-order chi connectivity index (χ0) is 12.1. The lowest BCUT2D eigenvalue weighted by Crippen LogP contribution is -2.38. The van der Waals surface area contributed by atoms with Crippen LogP contribution in [0.2, 0.25) is 0 Å². The highest BCUT2D eigenvalue weighted by molar-refractivity contribution is 9.10. The molecule has 0 saturated carbocycles. The third-order valence-corrected chi connectivity index (χ3v) is 3.76. The van der Waals surface area contributed by atoms with Crippen molar-refractivity contribution in [2.75, 3.05) is 19.6 Å². The molecule has 92 valence electrons. The van der Waals surface area contributed by atoms with Crippen LogP contribution in [0, 0.1) is 5.92 Å². The van der Waals surface area contributed by atoms with E-state index in [0.29, 0.717) is 11.5 Å². The molecule has 1 unspecified atom stereocenters. The fraction of sp³-hybridized carbons (Fsp3) is 0.462. The third-order valence-electron chi connectivity index (χ3n) is 3.07. The Kier molecular flexibility index (Phi) is 4.57. The minimum Gasteiger partial charge on any atom is -0.352 e. The van der Waals surface area contributed by atoms with Crippen molar-refractivity contribution in [3.63, 3.8) is 0 Å². The Morgan fingerprint density at radius 1 is 1.47 bits per heavy atom. The molecule has 1 heterocycles. The van der Waals surface area contributed by atoms with Gasteiger partial charge >= 0.3 is 0 Å². The van der Waals surface area contributed by atoms with Crippen LogP contribution >= 0.6 is 15.9 Å². The zero-order valence-corrected chi connectivity index (χ0v) is 11.3. The highest BCUT2D eigenvalue weighted by atomic mass is 79.9. The van der Waals surface area contributed by atoms with Gasteiger partial charge in [-0.1, -0.05) is 12.1 Å². The van der Waals surface area contributed by atoms with Gasteiger partial charge in [-0.2, -0.15) is 0 Å². The van der Waals surface area contributed by atoms with E-state index in [1.165, 1.54) is 12.8 Å². The lowest BCUT2D eigenvalue weighted by atomic mass is 10.00. The summed E-state index contributed by atoms with van der Waals surface area (Å²) in [6.45, 7) is 2.87. The number of carbonyl (C=O) groups is 1. The largest absolute Gasteiger partial charge is 0.352 e. The van der Waals surface area contributed by atoms with Crippen LogP contribution < -0.4 is 10.6 Å². The van der Waals surface area contributed by atoms with Crippen molar-refractivity contribution >= 4 is 21.8 Å². The lowest BCUT2D eigenvalue weighted by molar-refractivity contribution is 0.0944. The summed E-state index contributed by atoms with van der Waals surface area (Å²) in [5.41, 5.74) is 0.705. The first kappa shape index (κ1) is 12.6. The predicted molar refractivity (Wildman–Crippen MR) is 72.1 cm³/mol. The van der Waals surface area contributed by atoms with E-state index in [1.807, 2.05) is 24.3 Å². The Labute approximate surface area is 110 Å². The maximum Gasteiger partial charge on any atom is 0.252 e. The molecule has 4 heteroatoms. The van der Waals surface area contributed by atoms with Gasteiger partial charge in [-0.15, -0.1) is 0 Å². The average molecular weight is 297 g/mol. The van der Waals surface area contributed by atoms with Gasteiger partial charge in [0.1, 0.15) is 0 Å². The van der Waals surface area contributed by atoms with Crippen LogP contribution in [0.25, 0.3) is 0 Å². The molecule has 1 aromatic rings. The van der Waals surface area contributed by atoms with Gasteiger partial charge < -0.3 is 10.6 Å². The molecule has 1 saturated heterocycles. The lowest BCUT2D eigenvalue weighted by Gasteiger charge is -2.22. The molecule has 0 aliphatic carbocycles. The molecule has 2 rings (SSSR count). The SMILES string of the molecule is O=C(NCC1CCCNC1)c1ccccc1Br. The Bertz CT molecular complexity index is 389. The maximum atomic E-state index is 11.9. The second-order valence-electron chi connectivity index (χ2n) is 4.40. The van der Waals surface area contributed by atoms with Gasteiger partial charge in [0.25, 0.3) is 5.91 Å². The molecule has 2 N–H and O–H groups in total. The van der Waals surface area contributed by atoms with E-state index in [2.05, 4.69) is 26.6 Å². The summed E-state index contributed by atoms with van der Waals surface area (Å²) in [4.78, 5) is 11.9. The summed E-state index contributed by atoms with van der Waals surface area (Å²) in [6, 6.07) is 7.50. The molecular formula is C13H17BrN2O. The van der Waals surface area contributed by atoms with Crippen molar-refractivity contribution in [3.05, 3.63) is 34.3 Å². The van der Waals surface area contributed by atoms with Crippen molar-refractivity contribution in [2.24, 2.45) is 5.92 Å².